The highest BCUT2D eigenvalue weighted by Gasteiger charge is 2.24. The van der Waals surface area contributed by atoms with Crippen molar-refractivity contribution in [2.75, 3.05) is 0 Å². The molecule has 9 heteroatoms. The van der Waals surface area contributed by atoms with E-state index in [2.05, 4.69) is 79.6 Å². The second-order valence-corrected chi connectivity index (χ2v) is 11.1. The smallest absolute Gasteiger partial charge is 0.213 e. The van der Waals surface area contributed by atoms with E-state index in [0.717, 1.165) is 4.47 Å². The number of hydrogen-bond donors (Lipinski definition) is 0. The Kier molecular flexibility index (Phi) is 5.65. The van der Waals surface area contributed by atoms with Crippen LogP contribution in [-0.4, -0.2) is 8.42 Å². The first-order chi connectivity index (χ1) is 6.68. The molecule has 1 aromatic rings. The summed E-state index contributed by atoms with van der Waals surface area (Å²) in [6, 6.07) is 0. The van der Waals surface area contributed by atoms with Gasteiger partial charge in [-0.05, 0) is 79.6 Å². The summed E-state index contributed by atoms with van der Waals surface area (Å²) >= 11 is 17.8. The van der Waals surface area contributed by atoms with Gasteiger partial charge in [-0.15, -0.1) is 0 Å². The molecule has 0 aliphatic heterocycles. The fourth-order valence-electron chi connectivity index (χ4n) is 0.799. The van der Waals surface area contributed by atoms with E-state index in [1.165, 1.54) is 21.2 Å². The second kappa shape index (κ2) is 5.52. The minimum atomic E-state index is -3.33. The van der Waals surface area contributed by atoms with Gasteiger partial charge in [0.05, 0.1) is 30.2 Å². The predicted molar refractivity (Wildman–Crippen MR) is 86.1 cm³/mol. The third-order valence-corrected chi connectivity index (χ3v) is 10.2. The van der Waals surface area contributed by atoms with Crippen LogP contribution in [0.4, 0.5) is 0 Å². The molecule has 2 nitrogen and oxygen atoms in total. The molecular weight excluding hydrogens is 663 g/mol. The molecule has 1 rings (SSSR count). The first-order valence-corrected chi connectivity index (χ1v) is 11.1. The lowest BCUT2D eigenvalue weighted by molar-refractivity contribution is 0.611. The van der Waals surface area contributed by atoms with Crippen molar-refractivity contribution in [2.24, 2.45) is 0 Å². The zero-order valence-electron chi connectivity index (χ0n) is 6.49. The minimum absolute atomic E-state index is 0.199. The van der Waals surface area contributed by atoms with Gasteiger partial charge in [-0.25, -0.2) is 8.42 Å². The molecule has 0 atom stereocenters. The predicted octanol–water partition coefficient (Wildman–Crippen LogP) is 5.62. The molecule has 0 saturated heterocycles. The third kappa shape index (κ3) is 3.19. The van der Waals surface area contributed by atoms with Gasteiger partial charge in [0, 0.05) is 13.4 Å². The number of hydrogen-bond acceptors (Lipinski definition) is 2. The van der Waals surface area contributed by atoms with E-state index in [4.69, 9.17) is 0 Å². The van der Waals surface area contributed by atoms with Crippen molar-refractivity contribution in [1.29, 1.82) is 0 Å². The molecule has 1 aromatic carbocycles. The average Bonchev–Trinajstić information content (AvgIpc) is 2.09. The highest BCUT2D eigenvalue weighted by molar-refractivity contribution is 14.2. The summed E-state index contributed by atoms with van der Waals surface area (Å²) in [7, 11) is -3.33. The van der Waals surface area contributed by atoms with Gasteiger partial charge in [0.15, 0.2) is 0 Å². The maximum atomic E-state index is 11.6. The SMILES string of the molecule is O=S(=O)(I)c1c(Br)c(Br)c(Br)c(Br)c1Br. The molecule has 0 radical (unpaired) electrons. The number of halogens is 6. The van der Waals surface area contributed by atoms with Crippen molar-refractivity contribution in [2.45, 2.75) is 4.90 Å². The molecular formula is C6Br5IO2S. The van der Waals surface area contributed by atoms with E-state index in [1.54, 1.807) is 0 Å². The van der Waals surface area contributed by atoms with Gasteiger partial charge < -0.3 is 0 Å². The Morgan fingerprint density at radius 3 is 1.27 bits per heavy atom. The summed E-state index contributed by atoms with van der Waals surface area (Å²) < 4.78 is 26.1. The fourth-order valence-corrected chi connectivity index (χ4v) is 9.16. The second-order valence-electron chi connectivity index (χ2n) is 2.34. The molecule has 0 amide bonds. The Balaban J connectivity index is 3.84. The van der Waals surface area contributed by atoms with E-state index in [-0.39, 0.29) is 4.90 Å². The Labute approximate surface area is 141 Å². The van der Waals surface area contributed by atoms with Crippen LogP contribution in [-0.2, 0) is 7.01 Å². The first-order valence-electron chi connectivity index (χ1n) is 3.14. The van der Waals surface area contributed by atoms with Crippen LogP contribution < -0.4 is 0 Å². The molecule has 0 aliphatic rings. The van der Waals surface area contributed by atoms with Gasteiger partial charge in [0.1, 0.15) is 4.90 Å². The Hall–Kier alpha value is 2.30. The van der Waals surface area contributed by atoms with E-state index < -0.39 is 7.01 Å². The lowest BCUT2D eigenvalue weighted by Gasteiger charge is -2.10. The summed E-state index contributed by atoms with van der Waals surface area (Å²) in [5.41, 5.74) is 0. The van der Waals surface area contributed by atoms with Gasteiger partial charge in [-0.2, -0.15) is 0 Å². The van der Waals surface area contributed by atoms with Gasteiger partial charge in [-0.3, -0.25) is 0 Å². The molecule has 15 heavy (non-hydrogen) atoms. The zero-order valence-corrected chi connectivity index (χ0v) is 17.4. The third-order valence-electron chi connectivity index (χ3n) is 1.41. The van der Waals surface area contributed by atoms with Crippen molar-refractivity contribution < 1.29 is 8.42 Å². The molecule has 0 bridgehead atoms. The lowest BCUT2D eigenvalue weighted by Crippen LogP contribution is -1.96. The molecule has 0 N–H and O–H groups in total. The van der Waals surface area contributed by atoms with E-state index in [1.807, 2.05) is 0 Å². The summed E-state index contributed by atoms with van der Waals surface area (Å²) in [6.45, 7) is 0. The number of benzene rings is 1. The quantitative estimate of drug-likeness (QED) is 0.169. The highest BCUT2D eigenvalue weighted by atomic mass is 127. The molecule has 0 spiro atoms. The van der Waals surface area contributed by atoms with Crippen molar-refractivity contribution in [3.63, 3.8) is 0 Å². The van der Waals surface area contributed by atoms with Crippen LogP contribution in [0.25, 0.3) is 0 Å². The van der Waals surface area contributed by atoms with Crippen molar-refractivity contribution >= 4 is 108 Å². The van der Waals surface area contributed by atoms with Crippen LogP contribution in [0.2, 0.25) is 0 Å². The highest BCUT2D eigenvalue weighted by Crippen LogP contribution is 2.47. The van der Waals surface area contributed by atoms with Crippen molar-refractivity contribution in [3.8, 4) is 0 Å². The molecule has 0 aromatic heterocycles. The first kappa shape index (κ1) is 15.4. The molecule has 0 aliphatic carbocycles. The Bertz CT molecular complexity index is 498. The molecule has 0 unspecified atom stereocenters. The standard InChI is InChI=1S/C6Br5IO2S/c7-1-2(8)4(10)6(15(12,13)14)5(11)3(1)9. The fraction of sp³-hybridized carbons (Fsp3) is 0. The van der Waals surface area contributed by atoms with Crippen LogP contribution in [0, 0.1) is 0 Å². The maximum absolute atomic E-state index is 11.6. The normalized spacial score (nSPS) is 11.9. The minimum Gasteiger partial charge on any atom is -0.213 e. The summed E-state index contributed by atoms with van der Waals surface area (Å²) in [4.78, 5) is 0.199. The van der Waals surface area contributed by atoms with Crippen LogP contribution in [0.1, 0.15) is 0 Å². The topological polar surface area (TPSA) is 34.1 Å². The summed E-state index contributed by atoms with van der Waals surface area (Å²) in [6.07, 6.45) is 0. The van der Waals surface area contributed by atoms with E-state index in [0.29, 0.717) is 17.9 Å². The van der Waals surface area contributed by atoms with Gasteiger partial charge >= 0.3 is 0 Å². The van der Waals surface area contributed by atoms with Crippen LogP contribution in [0.3, 0.4) is 0 Å². The molecule has 0 saturated carbocycles. The largest absolute Gasteiger partial charge is 0.233 e. The summed E-state index contributed by atoms with van der Waals surface area (Å²) in [5, 5.41) is 0. The van der Waals surface area contributed by atoms with Gasteiger partial charge in [0.25, 0.3) is 0 Å². The Morgan fingerprint density at radius 1 is 0.733 bits per heavy atom. The maximum Gasteiger partial charge on any atom is 0.233 e. The average molecular weight is 663 g/mol. The Morgan fingerprint density at radius 2 is 1.00 bits per heavy atom. The zero-order chi connectivity index (χ0) is 12.0. The molecule has 84 valence electrons. The molecule has 0 fully saturated rings. The van der Waals surface area contributed by atoms with E-state index >= 15 is 0 Å². The lowest BCUT2D eigenvalue weighted by atomic mass is 10.4. The van der Waals surface area contributed by atoms with Crippen LogP contribution in [0.5, 0.6) is 0 Å². The summed E-state index contributed by atoms with van der Waals surface area (Å²) in [5.74, 6) is 0. The van der Waals surface area contributed by atoms with Crippen LogP contribution in [0.15, 0.2) is 27.3 Å². The molecule has 0 heterocycles. The van der Waals surface area contributed by atoms with E-state index in [9.17, 15) is 8.42 Å². The van der Waals surface area contributed by atoms with Gasteiger partial charge in [0.2, 0.25) is 7.01 Å². The number of rotatable bonds is 1. The van der Waals surface area contributed by atoms with Crippen LogP contribution >= 0.6 is 101 Å². The van der Waals surface area contributed by atoms with Crippen molar-refractivity contribution in [1.82, 2.24) is 0 Å². The van der Waals surface area contributed by atoms with Crippen molar-refractivity contribution in [3.05, 3.63) is 22.4 Å². The monoisotopic (exact) mass is 657 g/mol. The van der Waals surface area contributed by atoms with Gasteiger partial charge in [-0.1, -0.05) is 0 Å².